The van der Waals surface area contributed by atoms with Gasteiger partial charge in [0.05, 0.1) is 11.2 Å². The van der Waals surface area contributed by atoms with Crippen LogP contribution in [-0.4, -0.2) is 19.9 Å². The molecule has 0 aliphatic heterocycles. The molecule has 0 atom stereocenters. The van der Waals surface area contributed by atoms with Crippen LogP contribution < -0.4 is 0 Å². The van der Waals surface area contributed by atoms with Crippen molar-refractivity contribution in [3.8, 4) is 78.8 Å². The van der Waals surface area contributed by atoms with Gasteiger partial charge in [-0.2, -0.15) is 0 Å². The largest absolute Gasteiger partial charge is 0.246 e. The summed E-state index contributed by atoms with van der Waals surface area (Å²) in [6.07, 6.45) is 0. The number of rotatable bonds is 7. The van der Waals surface area contributed by atoms with Crippen molar-refractivity contribution in [3.63, 3.8) is 0 Å². The lowest BCUT2D eigenvalue weighted by atomic mass is 9.96. The molecule has 280 valence electrons. The summed E-state index contributed by atoms with van der Waals surface area (Å²) in [5.41, 5.74) is 12.9. The SMILES string of the molecule is c1ccc(-c2ccc(-c3nc(-c4ccccc4)nc(-c4ccc(-c5ccc(-c6ccc(-c7nc8c9ccccc9ccc8c8ccccc78)cc6)cc5)cc4)n3)cc2)cc1. The summed E-state index contributed by atoms with van der Waals surface area (Å²) in [5, 5.41) is 5.92. The van der Waals surface area contributed by atoms with Crippen molar-refractivity contribution in [2.75, 3.05) is 0 Å². The fraction of sp³-hybridized carbons (Fsp3) is 0. The van der Waals surface area contributed by atoms with Crippen LogP contribution in [0.2, 0.25) is 0 Å². The molecule has 2 heterocycles. The number of benzene rings is 9. The van der Waals surface area contributed by atoms with E-state index in [-0.39, 0.29) is 0 Å². The van der Waals surface area contributed by atoms with Crippen LogP contribution in [-0.2, 0) is 0 Å². The van der Waals surface area contributed by atoms with Gasteiger partial charge in [0.25, 0.3) is 0 Å². The van der Waals surface area contributed by atoms with Gasteiger partial charge in [0.2, 0.25) is 0 Å². The first-order valence-electron chi connectivity index (χ1n) is 20.2. The number of nitrogens with zero attached hydrogens (tertiary/aromatic N) is 4. The Morgan fingerprint density at radius 3 is 1.05 bits per heavy atom. The third-order valence-corrected chi connectivity index (χ3v) is 11.4. The lowest BCUT2D eigenvalue weighted by Gasteiger charge is -2.12. The normalized spacial score (nSPS) is 11.3. The molecule has 0 saturated heterocycles. The molecule has 0 aliphatic rings. The molecule has 2 aromatic heterocycles. The first-order valence-corrected chi connectivity index (χ1v) is 20.2. The minimum Gasteiger partial charge on any atom is -0.246 e. The summed E-state index contributed by atoms with van der Waals surface area (Å²) in [6.45, 7) is 0. The fourth-order valence-corrected chi connectivity index (χ4v) is 8.19. The van der Waals surface area contributed by atoms with Crippen LogP contribution >= 0.6 is 0 Å². The van der Waals surface area contributed by atoms with Crippen LogP contribution in [0.4, 0.5) is 0 Å². The van der Waals surface area contributed by atoms with Crippen molar-refractivity contribution >= 4 is 32.4 Å². The van der Waals surface area contributed by atoms with E-state index in [9.17, 15) is 0 Å². The second kappa shape index (κ2) is 15.0. The minimum absolute atomic E-state index is 0.636. The predicted octanol–water partition coefficient (Wildman–Crippen LogP) is 14.4. The molecule has 0 saturated carbocycles. The molecule has 4 heteroatoms. The number of aromatic nitrogens is 4. The zero-order valence-electron chi connectivity index (χ0n) is 32.6. The van der Waals surface area contributed by atoms with E-state index in [1.807, 2.05) is 36.4 Å². The molecule has 11 rings (SSSR count). The highest BCUT2D eigenvalue weighted by Gasteiger charge is 2.15. The molecule has 60 heavy (non-hydrogen) atoms. The van der Waals surface area contributed by atoms with E-state index in [0.717, 1.165) is 66.7 Å². The van der Waals surface area contributed by atoms with Crippen molar-refractivity contribution in [2.45, 2.75) is 0 Å². The van der Waals surface area contributed by atoms with Crippen molar-refractivity contribution in [1.82, 2.24) is 19.9 Å². The lowest BCUT2D eigenvalue weighted by Crippen LogP contribution is -2.00. The van der Waals surface area contributed by atoms with E-state index in [1.54, 1.807) is 0 Å². The van der Waals surface area contributed by atoms with Gasteiger partial charge < -0.3 is 0 Å². The van der Waals surface area contributed by atoms with Crippen molar-refractivity contribution < 1.29 is 0 Å². The van der Waals surface area contributed by atoms with E-state index < -0.39 is 0 Å². The molecule has 0 bridgehead atoms. The molecule has 0 unspecified atom stereocenters. The average Bonchev–Trinajstić information content (AvgIpc) is 3.34. The highest BCUT2D eigenvalue weighted by atomic mass is 15.0. The molecule has 0 radical (unpaired) electrons. The maximum Gasteiger partial charge on any atom is 0.164 e. The van der Waals surface area contributed by atoms with Crippen LogP contribution in [0.3, 0.4) is 0 Å². The van der Waals surface area contributed by atoms with E-state index >= 15 is 0 Å². The van der Waals surface area contributed by atoms with Gasteiger partial charge in [-0.3, -0.25) is 0 Å². The van der Waals surface area contributed by atoms with Crippen molar-refractivity contribution in [3.05, 3.63) is 218 Å². The predicted molar refractivity (Wildman–Crippen MR) is 248 cm³/mol. The van der Waals surface area contributed by atoms with E-state index in [2.05, 4.69) is 182 Å². The van der Waals surface area contributed by atoms with Crippen LogP contribution in [0, 0.1) is 0 Å². The minimum atomic E-state index is 0.636. The second-order valence-electron chi connectivity index (χ2n) is 15.0. The van der Waals surface area contributed by atoms with Gasteiger partial charge in [0.15, 0.2) is 17.5 Å². The highest BCUT2D eigenvalue weighted by Crippen LogP contribution is 2.37. The molecule has 0 amide bonds. The van der Waals surface area contributed by atoms with Crippen molar-refractivity contribution in [2.24, 2.45) is 0 Å². The Morgan fingerprint density at radius 2 is 0.550 bits per heavy atom. The van der Waals surface area contributed by atoms with E-state index in [4.69, 9.17) is 19.9 Å². The van der Waals surface area contributed by atoms with Gasteiger partial charge in [-0.25, -0.2) is 19.9 Å². The van der Waals surface area contributed by atoms with E-state index in [1.165, 1.54) is 27.1 Å². The summed E-state index contributed by atoms with van der Waals surface area (Å²) in [6, 6.07) is 76.5. The Labute approximate surface area is 348 Å². The monoisotopic (exact) mass is 764 g/mol. The van der Waals surface area contributed by atoms with Crippen LogP contribution in [0.5, 0.6) is 0 Å². The standard InChI is InChI=1S/C56H36N4/c1-3-11-37(12-4-1)38-25-31-46(32-26-38)55-58-54(45-14-5-2-6-15-45)59-56(60-55)47-33-27-42(28-34-47)40-21-19-39(20-22-40)41-23-29-44(30-24-41)52-50-18-10-9-17-49(50)51-36-35-43-13-7-8-16-48(43)53(51)57-52/h1-36H. The summed E-state index contributed by atoms with van der Waals surface area (Å²) in [7, 11) is 0. The lowest BCUT2D eigenvalue weighted by molar-refractivity contribution is 1.07. The molecule has 0 N–H and O–H groups in total. The zero-order chi connectivity index (χ0) is 39.8. The first-order chi connectivity index (χ1) is 29.7. The maximum atomic E-state index is 5.31. The number of hydrogen-bond donors (Lipinski definition) is 0. The maximum absolute atomic E-state index is 5.31. The quantitative estimate of drug-likeness (QED) is 0.152. The fourth-order valence-electron chi connectivity index (χ4n) is 8.19. The molecule has 11 aromatic rings. The summed E-state index contributed by atoms with van der Waals surface area (Å²) in [4.78, 5) is 20.2. The molecular formula is C56H36N4. The van der Waals surface area contributed by atoms with Crippen LogP contribution in [0.15, 0.2) is 218 Å². The van der Waals surface area contributed by atoms with E-state index in [0.29, 0.717) is 17.5 Å². The Morgan fingerprint density at radius 1 is 0.200 bits per heavy atom. The average molecular weight is 765 g/mol. The van der Waals surface area contributed by atoms with Gasteiger partial charge in [-0.15, -0.1) is 0 Å². The van der Waals surface area contributed by atoms with Crippen LogP contribution in [0.1, 0.15) is 0 Å². The number of fused-ring (bicyclic) bond motifs is 5. The zero-order valence-corrected chi connectivity index (χ0v) is 32.6. The third kappa shape index (κ3) is 6.56. The smallest absolute Gasteiger partial charge is 0.164 e. The molecule has 0 fully saturated rings. The number of pyridine rings is 1. The van der Waals surface area contributed by atoms with Gasteiger partial charge in [-0.05, 0) is 44.2 Å². The molecule has 0 spiro atoms. The molecular weight excluding hydrogens is 729 g/mol. The van der Waals surface area contributed by atoms with Crippen molar-refractivity contribution in [1.29, 1.82) is 0 Å². The Kier molecular flexibility index (Phi) is 8.79. The number of hydrogen-bond acceptors (Lipinski definition) is 4. The summed E-state index contributed by atoms with van der Waals surface area (Å²) >= 11 is 0. The van der Waals surface area contributed by atoms with Gasteiger partial charge >= 0.3 is 0 Å². The third-order valence-electron chi connectivity index (χ3n) is 11.4. The van der Waals surface area contributed by atoms with Crippen LogP contribution in [0.25, 0.3) is 111 Å². The Hall–Kier alpha value is -8.08. The molecule has 9 aromatic carbocycles. The Balaban J connectivity index is 0.870. The van der Waals surface area contributed by atoms with Gasteiger partial charge in [0, 0.05) is 38.4 Å². The second-order valence-corrected chi connectivity index (χ2v) is 15.0. The summed E-state index contributed by atoms with van der Waals surface area (Å²) < 4.78 is 0. The Bertz CT molecular complexity index is 3310. The molecule has 4 nitrogen and oxygen atoms in total. The highest BCUT2D eigenvalue weighted by molar-refractivity contribution is 6.18. The van der Waals surface area contributed by atoms with Gasteiger partial charge in [-0.1, -0.05) is 218 Å². The topological polar surface area (TPSA) is 51.6 Å². The first kappa shape index (κ1) is 35.1. The molecule has 0 aliphatic carbocycles. The summed E-state index contributed by atoms with van der Waals surface area (Å²) in [5.74, 6) is 1.92. The van der Waals surface area contributed by atoms with Gasteiger partial charge in [0.1, 0.15) is 0 Å².